The van der Waals surface area contributed by atoms with Crippen molar-refractivity contribution in [1.29, 1.82) is 0 Å². The van der Waals surface area contributed by atoms with Crippen LogP contribution in [0.1, 0.15) is 52.9 Å². The lowest BCUT2D eigenvalue weighted by Gasteiger charge is -2.14. The number of fused-ring (bicyclic) bond motifs is 24. The van der Waals surface area contributed by atoms with E-state index in [4.69, 9.17) is 15.0 Å². The lowest BCUT2D eigenvalue weighted by molar-refractivity contribution is -0.617. The van der Waals surface area contributed by atoms with E-state index in [1.165, 1.54) is 166 Å². The van der Waals surface area contributed by atoms with Gasteiger partial charge in [-0.3, -0.25) is 15.0 Å². The Bertz CT molecular complexity index is 6130. The van der Waals surface area contributed by atoms with E-state index < -0.39 is 0 Å². The summed E-state index contributed by atoms with van der Waals surface area (Å²) in [5.41, 5.74) is 33.9. The maximum atomic E-state index is 5.14. The van der Waals surface area contributed by atoms with Crippen molar-refractivity contribution in [3.05, 3.63) is 270 Å². The third kappa shape index (κ3) is 8.96. The number of para-hydroxylation sites is 6. The second kappa shape index (κ2) is 22.6. The first-order valence-electron chi connectivity index (χ1n) is 32.8. The van der Waals surface area contributed by atoms with E-state index in [-0.39, 0.29) is 0 Å². The fourth-order valence-corrected chi connectivity index (χ4v) is 15.6. The van der Waals surface area contributed by atoms with Crippen molar-refractivity contribution in [2.45, 2.75) is 61.8 Å². The Balaban J connectivity index is 0.000000112. The van der Waals surface area contributed by atoms with Gasteiger partial charge in [-0.1, -0.05) is 159 Å². The molecule has 9 heterocycles. The number of hydrogen-bond acceptors (Lipinski definition) is 3. The summed E-state index contributed by atoms with van der Waals surface area (Å²) < 4.78 is 14.1. The zero-order chi connectivity index (χ0) is 64.4. The smallest absolute Gasteiger partial charge is 0.255 e. The van der Waals surface area contributed by atoms with Crippen molar-refractivity contribution in [1.82, 2.24) is 28.2 Å². The van der Waals surface area contributed by atoms with E-state index in [9.17, 15) is 0 Å². The van der Waals surface area contributed by atoms with Gasteiger partial charge in [0.25, 0.3) is 16.9 Å². The molecule has 0 saturated carbocycles. The Morgan fingerprint density at radius 1 is 0.340 bits per heavy atom. The number of rotatable bonds is 5. The van der Waals surface area contributed by atoms with Crippen molar-refractivity contribution in [3.63, 3.8) is 0 Å². The Hall–Kier alpha value is -11.2. The van der Waals surface area contributed by atoms with Crippen LogP contribution in [0.25, 0.3) is 149 Å². The van der Waals surface area contributed by atoms with Crippen LogP contribution < -0.4 is 13.7 Å². The summed E-state index contributed by atoms with van der Waals surface area (Å²) in [6.45, 7) is 17.6. The van der Waals surface area contributed by atoms with Crippen LogP contribution in [0.4, 0.5) is 0 Å². The Morgan fingerprint density at radius 2 is 0.723 bits per heavy atom. The highest BCUT2D eigenvalue weighted by Crippen LogP contribution is 2.42. The highest BCUT2D eigenvalue weighted by atomic mass is 15.1. The van der Waals surface area contributed by atoms with Crippen molar-refractivity contribution >= 4 is 115 Å². The highest BCUT2D eigenvalue weighted by molar-refractivity contribution is 6.20. The first kappa shape index (κ1) is 58.0. The normalized spacial score (nSPS) is 11.9. The van der Waals surface area contributed by atoms with Gasteiger partial charge in [-0.25, -0.2) is 13.7 Å². The minimum absolute atomic E-state index is 0.651. The molecule has 9 aromatic carbocycles. The molecular weight excluding hydrogens is 1150 g/mol. The first-order valence-corrected chi connectivity index (χ1v) is 32.8. The predicted octanol–water partition coefficient (Wildman–Crippen LogP) is 18.9. The molecule has 94 heavy (non-hydrogen) atoms. The molecular formula is C85H74N9+3. The molecule has 18 rings (SSSR count). The second-order valence-corrected chi connectivity index (χ2v) is 26.2. The minimum Gasteiger partial charge on any atom is -0.255 e. The molecule has 0 spiro atoms. The lowest BCUT2D eigenvalue weighted by Crippen LogP contribution is -2.27. The fourth-order valence-electron chi connectivity index (χ4n) is 15.6. The van der Waals surface area contributed by atoms with Gasteiger partial charge in [-0.05, 0) is 193 Å². The quantitative estimate of drug-likeness (QED) is 0.127. The Labute approximate surface area is 546 Å². The van der Waals surface area contributed by atoms with Gasteiger partial charge in [0.2, 0.25) is 0 Å². The molecule has 0 N–H and O–H groups in total. The van der Waals surface area contributed by atoms with Gasteiger partial charge in [0, 0.05) is 18.1 Å². The van der Waals surface area contributed by atoms with Gasteiger partial charge >= 0.3 is 0 Å². The molecule has 0 atom stereocenters. The molecule has 9 nitrogen and oxygen atoms in total. The molecule has 0 aliphatic heterocycles. The van der Waals surface area contributed by atoms with Crippen LogP contribution in [-0.4, -0.2) is 28.2 Å². The summed E-state index contributed by atoms with van der Waals surface area (Å²) in [4.78, 5) is 15.0. The average molecular weight is 1220 g/mol. The van der Waals surface area contributed by atoms with Crippen molar-refractivity contribution in [3.8, 4) is 33.4 Å². The summed E-state index contributed by atoms with van der Waals surface area (Å²) in [6, 6.07) is 78.5. The molecule has 0 amide bonds. The summed E-state index contributed by atoms with van der Waals surface area (Å²) >= 11 is 0. The number of hydrogen-bond donors (Lipinski definition) is 0. The zero-order valence-electron chi connectivity index (χ0n) is 55.2. The minimum atomic E-state index is 0.651. The largest absolute Gasteiger partial charge is 0.297 e. The Morgan fingerprint density at radius 3 is 1.19 bits per heavy atom. The number of imidazole rings is 3. The van der Waals surface area contributed by atoms with E-state index in [1.807, 2.05) is 12.4 Å². The van der Waals surface area contributed by atoms with Crippen LogP contribution in [0.3, 0.4) is 0 Å². The third-order valence-electron chi connectivity index (χ3n) is 19.7. The van der Waals surface area contributed by atoms with E-state index in [1.54, 1.807) is 0 Å². The number of pyridine rings is 6. The molecule has 0 saturated heterocycles. The number of aryl methyl sites for hydroxylation is 9. The van der Waals surface area contributed by atoms with Gasteiger partial charge in [0.15, 0.2) is 33.1 Å². The SMILES string of the molecule is Cc1cc(C)c2c(n1)c1c(-c3ccc(CC(C)C)cc3)cccc1n1c3ccccc3[n+](C)c21.Cc1cccc(C)c1-c1cccc2c1c1nccc(C)c1c1n2c2ccccc2[n+]1C.Cc1ccnc2c3c(-c4ccccc4)cccc3n3c4ccccc4[n+](C)c3c12. The average Bonchev–Trinajstić information content (AvgIpc) is 1.44. The predicted molar refractivity (Wildman–Crippen MR) is 390 cm³/mol. The van der Waals surface area contributed by atoms with Gasteiger partial charge in [-0.15, -0.1) is 0 Å². The number of benzene rings is 9. The lowest BCUT2D eigenvalue weighted by atomic mass is 9.91. The molecule has 0 aliphatic carbocycles. The van der Waals surface area contributed by atoms with Gasteiger partial charge in [0.1, 0.15) is 16.6 Å². The molecule has 0 aliphatic rings. The Kier molecular flexibility index (Phi) is 13.9. The van der Waals surface area contributed by atoms with Crippen LogP contribution >= 0.6 is 0 Å². The first-order chi connectivity index (χ1) is 45.8. The summed E-state index contributed by atoms with van der Waals surface area (Å²) in [5, 5.41) is 7.28. The maximum absolute atomic E-state index is 5.14. The van der Waals surface area contributed by atoms with Crippen LogP contribution in [0.15, 0.2) is 231 Å². The monoisotopic (exact) mass is 1220 g/mol. The van der Waals surface area contributed by atoms with Gasteiger partial charge in [-0.2, -0.15) is 13.2 Å². The van der Waals surface area contributed by atoms with Crippen molar-refractivity contribution < 1.29 is 13.7 Å². The summed E-state index contributed by atoms with van der Waals surface area (Å²) in [6.07, 6.45) is 4.97. The molecule has 0 radical (unpaired) electrons. The fraction of sp³-hybridized carbons (Fsp3) is 0.153. The molecule has 9 aromatic heterocycles. The third-order valence-corrected chi connectivity index (χ3v) is 19.7. The molecule has 9 heteroatoms. The summed E-state index contributed by atoms with van der Waals surface area (Å²) in [7, 11) is 6.47. The number of aromatic nitrogens is 9. The van der Waals surface area contributed by atoms with Crippen LogP contribution in [0.5, 0.6) is 0 Å². The van der Waals surface area contributed by atoms with Crippen LogP contribution in [0, 0.1) is 47.5 Å². The topological polar surface area (TPSA) is 63.5 Å². The van der Waals surface area contributed by atoms with E-state index in [0.717, 1.165) is 28.7 Å². The van der Waals surface area contributed by atoms with E-state index in [2.05, 4.69) is 322 Å². The maximum Gasteiger partial charge on any atom is 0.297 e. The molecule has 0 fully saturated rings. The van der Waals surface area contributed by atoms with Gasteiger partial charge in [0.05, 0.1) is 70.0 Å². The van der Waals surface area contributed by atoms with Crippen LogP contribution in [0.2, 0.25) is 0 Å². The van der Waals surface area contributed by atoms with E-state index >= 15 is 0 Å². The van der Waals surface area contributed by atoms with E-state index in [0.29, 0.717) is 5.92 Å². The highest BCUT2D eigenvalue weighted by Gasteiger charge is 2.30. The van der Waals surface area contributed by atoms with Gasteiger partial charge < -0.3 is 0 Å². The molecule has 456 valence electrons. The standard InChI is InChI=1S/C31H30N3.C28H24N3.C26H20N3/c1-19(2)17-22-13-15-23(16-14-22)24-9-8-12-27-29(24)30-28(20(3)18-21(4)32-30)31-33(5)25-10-6-7-11-26(25)34(27)31;1-17-9-7-10-18(2)24(17)20-11-8-14-23-26(20)27-25(19(3)15-16-29-27)28-30(4)21-12-5-6-13-22(21)31(23)28;1-17-15-16-27-25-23(17)26-28(2)20-12-6-7-13-21(20)29(26)22-14-8-11-19(24(22)25)18-9-4-3-5-10-18/h6-16,18-19H,17H2,1-5H3;5-16H,1-4H3;3-16H,1-2H3/q3*+1. The molecule has 0 bridgehead atoms. The van der Waals surface area contributed by atoms with Crippen molar-refractivity contribution in [2.75, 3.05) is 0 Å². The van der Waals surface area contributed by atoms with Crippen LogP contribution in [-0.2, 0) is 27.6 Å². The molecule has 0 unspecified atom stereocenters. The number of nitrogens with zero attached hydrogens (tertiary/aromatic N) is 9. The summed E-state index contributed by atoms with van der Waals surface area (Å²) in [5.74, 6) is 0.651. The van der Waals surface area contributed by atoms with Crippen molar-refractivity contribution in [2.24, 2.45) is 27.1 Å². The zero-order valence-corrected chi connectivity index (χ0v) is 55.2. The second-order valence-electron chi connectivity index (χ2n) is 26.2. The molecule has 18 aromatic rings.